The van der Waals surface area contributed by atoms with Crippen molar-refractivity contribution in [3.05, 3.63) is 54.1 Å². The highest BCUT2D eigenvalue weighted by Gasteiger charge is 2.07. The fourth-order valence-corrected chi connectivity index (χ4v) is 2.35. The van der Waals surface area contributed by atoms with Gasteiger partial charge in [-0.25, -0.2) is 8.78 Å². The molecule has 0 spiro atoms. The standard InChI is InChI=1S/C19H22F2O/c1-2-3-4-5-6-12-22-19-11-10-16(14-18(19)21)15-8-7-9-17(20)13-15/h7-11,13-14H,2-6,12H2,1H3. The lowest BCUT2D eigenvalue weighted by Gasteiger charge is -2.09. The molecule has 0 bridgehead atoms. The minimum atomic E-state index is -0.407. The van der Waals surface area contributed by atoms with Crippen LogP contribution in [-0.2, 0) is 0 Å². The zero-order valence-electron chi connectivity index (χ0n) is 12.9. The molecule has 0 N–H and O–H groups in total. The third kappa shape index (κ3) is 4.83. The Labute approximate surface area is 130 Å². The molecule has 0 atom stereocenters. The molecule has 1 nitrogen and oxygen atoms in total. The van der Waals surface area contributed by atoms with Gasteiger partial charge < -0.3 is 4.74 Å². The minimum absolute atomic E-state index is 0.260. The molecule has 0 saturated carbocycles. The molecule has 0 aliphatic heterocycles. The van der Waals surface area contributed by atoms with Crippen molar-refractivity contribution >= 4 is 0 Å². The van der Waals surface area contributed by atoms with Crippen molar-refractivity contribution in [2.75, 3.05) is 6.61 Å². The second-order valence-corrected chi connectivity index (χ2v) is 5.42. The summed E-state index contributed by atoms with van der Waals surface area (Å²) >= 11 is 0. The summed E-state index contributed by atoms with van der Waals surface area (Å²) in [5, 5.41) is 0. The summed E-state index contributed by atoms with van der Waals surface area (Å²) in [5.74, 6) is -0.476. The summed E-state index contributed by atoms with van der Waals surface area (Å²) in [6.07, 6.45) is 5.68. The Bertz CT molecular complexity index is 596. The van der Waals surface area contributed by atoms with E-state index in [-0.39, 0.29) is 11.6 Å². The first-order chi connectivity index (χ1) is 10.7. The molecular weight excluding hydrogens is 282 g/mol. The predicted molar refractivity (Wildman–Crippen MR) is 86.0 cm³/mol. The summed E-state index contributed by atoms with van der Waals surface area (Å²) in [6, 6.07) is 10.9. The summed E-state index contributed by atoms with van der Waals surface area (Å²) in [7, 11) is 0. The molecule has 0 amide bonds. The minimum Gasteiger partial charge on any atom is -0.491 e. The van der Waals surface area contributed by atoms with Crippen molar-refractivity contribution in [1.29, 1.82) is 0 Å². The number of hydrogen-bond acceptors (Lipinski definition) is 1. The van der Waals surface area contributed by atoms with Gasteiger partial charge in [0.25, 0.3) is 0 Å². The first-order valence-electron chi connectivity index (χ1n) is 7.89. The normalized spacial score (nSPS) is 10.7. The van der Waals surface area contributed by atoms with Gasteiger partial charge in [-0.2, -0.15) is 0 Å². The number of rotatable bonds is 8. The van der Waals surface area contributed by atoms with Crippen LogP contribution >= 0.6 is 0 Å². The fraction of sp³-hybridized carbons (Fsp3) is 0.368. The van der Waals surface area contributed by atoms with Gasteiger partial charge in [-0.1, -0.05) is 50.8 Å². The summed E-state index contributed by atoms with van der Waals surface area (Å²) in [6.45, 7) is 2.70. The van der Waals surface area contributed by atoms with Gasteiger partial charge in [-0.15, -0.1) is 0 Å². The van der Waals surface area contributed by atoms with Gasteiger partial charge in [0.05, 0.1) is 6.61 Å². The molecule has 22 heavy (non-hydrogen) atoms. The molecule has 0 unspecified atom stereocenters. The van der Waals surface area contributed by atoms with Gasteiger partial charge in [0.2, 0.25) is 0 Å². The predicted octanol–water partition coefficient (Wildman–Crippen LogP) is 5.98. The van der Waals surface area contributed by atoms with Crippen LogP contribution < -0.4 is 4.74 Å². The Kier molecular flexibility index (Phi) is 6.38. The van der Waals surface area contributed by atoms with E-state index in [2.05, 4.69) is 6.92 Å². The molecule has 0 fully saturated rings. The molecule has 2 aromatic rings. The van der Waals surface area contributed by atoms with Crippen LogP contribution in [0.25, 0.3) is 11.1 Å². The molecule has 118 valence electrons. The largest absolute Gasteiger partial charge is 0.491 e. The van der Waals surface area contributed by atoms with Crippen LogP contribution in [0.1, 0.15) is 39.0 Å². The third-order valence-electron chi connectivity index (χ3n) is 3.60. The van der Waals surface area contributed by atoms with Crippen molar-refractivity contribution < 1.29 is 13.5 Å². The lowest BCUT2D eigenvalue weighted by atomic mass is 10.1. The second kappa shape index (κ2) is 8.52. The van der Waals surface area contributed by atoms with E-state index in [0.717, 1.165) is 12.8 Å². The highest BCUT2D eigenvalue weighted by molar-refractivity contribution is 5.64. The summed E-state index contributed by atoms with van der Waals surface area (Å²) < 4.78 is 32.7. The van der Waals surface area contributed by atoms with E-state index >= 15 is 0 Å². The van der Waals surface area contributed by atoms with Gasteiger partial charge >= 0.3 is 0 Å². The monoisotopic (exact) mass is 304 g/mol. The summed E-state index contributed by atoms with van der Waals surface area (Å²) in [5.41, 5.74) is 1.30. The molecule has 0 heterocycles. The van der Waals surface area contributed by atoms with Crippen molar-refractivity contribution in [3.8, 4) is 16.9 Å². The van der Waals surface area contributed by atoms with Crippen LogP contribution in [-0.4, -0.2) is 6.61 Å². The van der Waals surface area contributed by atoms with E-state index in [4.69, 9.17) is 4.74 Å². The highest BCUT2D eigenvalue weighted by Crippen LogP contribution is 2.26. The second-order valence-electron chi connectivity index (χ2n) is 5.42. The van der Waals surface area contributed by atoms with Gasteiger partial charge in [0.15, 0.2) is 11.6 Å². The molecule has 0 aromatic heterocycles. The Morgan fingerprint density at radius 2 is 1.64 bits per heavy atom. The van der Waals surface area contributed by atoms with E-state index in [1.807, 2.05) is 0 Å². The topological polar surface area (TPSA) is 9.23 Å². The van der Waals surface area contributed by atoms with Crippen LogP contribution in [0.5, 0.6) is 5.75 Å². The number of hydrogen-bond donors (Lipinski definition) is 0. The molecular formula is C19H22F2O. The maximum Gasteiger partial charge on any atom is 0.165 e. The van der Waals surface area contributed by atoms with Crippen molar-refractivity contribution in [1.82, 2.24) is 0 Å². The number of ether oxygens (including phenoxy) is 1. The van der Waals surface area contributed by atoms with Crippen LogP contribution in [0.15, 0.2) is 42.5 Å². The molecule has 0 aliphatic carbocycles. The third-order valence-corrected chi connectivity index (χ3v) is 3.60. The van der Waals surface area contributed by atoms with E-state index < -0.39 is 5.82 Å². The maximum atomic E-state index is 14.0. The Morgan fingerprint density at radius 1 is 0.864 bits per heavy atom. The lowest BCUT2D eigenvalue weighted by Crippen LogP contribution is -1.99. The number of halogens is 2. The molecule has 0 aliphatic rings. The van der Waals surface area contributed by atoms with Crippen molar-refractivity contribution in [3.63, 3.8) is 0 Å². The summed E-state index contributed by atoms with van der Waals surface area (Å²) in [4.78, 5) is 0. The molecule has 2 aromatic carbocycles. The number of benzene rings is 2. The molecule has 0 radical (unpaired) electrons. The van der Waals surface area contributed by atoms with Crippen LogP contribution in [0.2, 0.25) is 0 Å². The van der Waals surface area contributed by atoms with Gasteiger partial charge in [-0.3, -0.25) is 0 Å². The Hall–Kier alpha value is -1.90. The van der Waals surface area contributed by atoms with Crippen LogP contribution in [0, 0.1) is 11.6 Å². The Balaban J connectivity index is 1.92. The average Bonchev–Trinajstić information content (AvgIpc) is 2.52. The van der Waals surface area contributed by atoms with Crippen LogP contribution in [0.3, 0.4) is 0 Å². The van der Waals surface area contributed by atoms with Crippen molar-refractivity contribution in [2.45, 2.75) is 39.0 Å². The van der Waals surface area contributed by atoms with Gasteiger partial charge in [-0.05, 0) is 41.8 Å². The number of unbranched alkanes of at least 4 members (excludes halogenated alkanes) is 4. The average molecular weight is 304 g/mol. The maximum absolute atomic E-state index is 14.0. The van der Waals surface area contributed by atoms with E-state index in [1.165, 1.54) is 37.5 Å². The van der Waals surface area contributed by atoms with E-state index in [0.29, 0.717) is 17.7 Å². The van der Waals surface area contributed by atoms with Gasteiger partial charge in [0, 0.05) is 0 Å². The zero-order valence-corrected chi connectivity index (χ0v) is 12.9. The Morgan fingerprint density at radius 3 is 2.36 bits per heavy atom. The molecule has 2 rings (SSSR count). The smallest absolute Gasteiger partial charge is 0.165 e. The lowest BCUT2D eigenvalue weighted by molar-refractivity contribution is 0.290. The van der Waals surface area contributed by atoms with Crippen molar-refractivity contribution in [2.24, 2.45) is 0 Å². The first-order valence-corrected chi connectivity index (χ1v) is 7.89. The molecule has 0 saturated heterocycles. The van der Waals surface area contributed by atoms with E-state index in [1.54, 1.807) is 24.3 Å². The highest BCUT2D eigenvalue weighted by atomic mass is 19.1. The van der Waals surface area contributed by atoms with E-state index in [9.17, 15) is 8.78 Å². The fourth-order valence-electron chi connectivity index (χ4n) is 2.35. The SMILES string of the molecule is CCCCCCCOc1ccc(-c2cccc(F)c2)cc1F. The van der Waals surface area contributed by atoms with Crippen LogP contribution in [0.4, 0.5) is 8.78 Å². The zero-order chi connectivity index (χ0) is 15.8. The molecule has 3 heteroatoms. The van der Waals surface area contributed by atoms with Gasteiger partial charge in [0.1, 0.15) is 5.82 Å². The first kappa shape index (κ1) is 16.5. The quantitative estimate of drug-likeness (QED) is 0.545.